The summed E-state index contributed by atoms with van der Waals surface area (Å²) in [6.45, 7) is 3.68. The van der Waals surface area contributed by atoms with Crippen LogP contribution in [0.1, 0.15) is 54.5 Å². The van der Waals surface area contributed by atoms with E-state index in [1.165, 1.54) is 5.56 Å². The molecule has 0 radical (unpaired) electrons. The molecule has 0 saturated carbocycles. The summed E-state index contributed by atoms with van der Waals surface area (Å²) >= 11 is 1.61. The Bertz CT molecular complexity index is 1190. The van der Waals surface area contributed by atoms with Crippen molar-refractivity contribution in [1.82, 2.24) is 14.5 Å². The first kappa shape index (κ1) is 26.2. The Kier molecular flexibility index (Phi) is 9.40. The highest BCUT2D eigenvalue weighted by Crippen LogP contribution is 2.23. The molecule has 2 heterocycles. The van der Waals surface area contributed by atoms with Crippen molar-refractivity contribution in [3.8, 4) is 0 Å². The number of hydrogen-bond acceptors (Lipinski definition) is 4. The van der Waals surface area contributed by atoms with Crippen molar-refractivity contribution < 1.29 is 4.79 Å². The predicted octanol–water partition coefficient (Wildman–Crippen LogP) is 5.42. The summed E-state index contributed by atoms with van der Waals surface area (Å²) in [6.07, 6.45) is 6.31. The number of hydrogen-bond donors (Lipinski definition) is 0. The van der Waals surface area contributed by atoms with Crippen LogP contribution >= 0.6 is 11.8 Å². The molecule has 1 amide bonds. The van der Waals surface area contributed by atoms with E-state index in [2.05, 4.69) is 35.2 Å². The third-order valence-electron chi connectivity index (χ3n) is 7.12. The van der Waals surface area contributed by atoms with Gasteiger partial charge in [-0.15, -0.1) is 0 Å². The first-order valence-electron chi connectivity index (χ1n) is 13.1. The molecule has 2 aromatic carbocycles. The number of thioether (sulfide) groups is 1. The van der Waals surface area contributed by atoms with Crippen LogP contribution in [0.3, 0.4) is 0 Å². The molecule has 1 aromatic heterocycles. The average Bonchev–Trinajstić information content (AvgIpc) is 2.90. The zero-order chi connectivity index (χ0) is 25.3. The minimum atomic E-state index is 0.0275. The molecule has 1 fully saturated rings. The van der Waals surface area contributed by atoms with Crippen molar-refractivity contribution in [2.75, 3.05) is 18.8 Å². The van der Waals surface area contributed by atoms with Crippen molar-refractivity contribution in [3.63, 3.8) is 0 Å². The van der Waals surface area contributed by atoms with Crippen molar-refractivity contribution in [3.05, 3.63) is 93.4 Å². The van der Waals surface area contributed by atoms with Gasteiger partial charge in [0.1, 0.15) is 0 Å². The van der Waals surface area contributed by atoms with Crippen LogP contribution in [0.5, 0.6) is 0 Å². The van der Waals surface area contributed by atoms with Gasteiger partial charge in [-0.3, -0.25) is 14.2 Å². The van der Waals surface area contributed by atoms with Crippen LogP contribution in [0.4, 0.5) is 0 Å². The number of rotatable bonds is 10. The van der Waals surface area contributed by atoms with Gasteiger partial charge in [0.05, 0.1) is 0 Å². The minimum Gasteiger partial charge on any atom is -0.343 e. The largest absolute Gasteiger partial charge is 0.343 e. The average molecular weight is 504 g/mol. The standard InChI is InChI=1S/C30H37N3O2S/c1-23-27(22-25-13-7-4-8-14-25)29(35)32(2)30(31-23)36-20-10-9-15-28(34)33-18-16-26(17-19-33)21-24-11-5-3-6-12-24/h3-8,11-14,26H,9-10,15-22H2,1-2H3. The van der Waals surface area contributed by atoms with E-state index in [4.69, 9.17) is 4.98 Å². The van der Waals surface area contributed by atoms with Gasteiger partial charge in [-0.25, -0.2) is 4.98 Å². The third kappa shape index (κ3) is 7.10. The maximum atomic E-state index is 13.0. The molecule has 0 spiro atoms. The van der Waals surface area contributed by atoms with Gasteiger partial charge in [-0.05, 0) is 56.1 Å². The van der Waals surface area contributed by atoms with Crippen LogP contribution in [0.2, 0.25) is 0 Å². The number of aryl methyl sites for hydroxylation is 1. The van der Waals surface area contributed by atoms with E-state index in [0.717, 1.165) is 72.9 Å². The fourth-order valence-electron chi connectivity index (χ4n) is 4.90. The second kappa shape index (κ2) is 12.9. The van der Waals surface area contributed by atoms with E-state index in [-0.39, 0.29) is 11.5 Å². The Balaban J connectivity index is 1.18. The van der Waals surface area contributed by atoms with Crippen LogP contribution in [-0.2, 0) is 24.7 Å². The second-order valence-corrected chi connectivity index (χ2v) is 10.9. The number of benzene rings is 2. The molecule has 1 aliphatic rings. The van der Waals surface area contributed by atoms with Gasteiger partial charge in [-0.1, -0.05) is 72.4 Å². The number of amides is 1. The molecule has 36 heavy (non-hydrogen) atoms. The summed E-state index contributed by atoms with van der Waals surface area (Å²) in [6, 6.07) is 20.7. The highest BCUT2D eigenvalue weighted by molar-refractivity contribution is 7.99. The Morgan fingerprint density at radius 1 is 0.972 bits per heavy atom. The minimum absolute atomic E-state index is 0.0275. The van der Waals surface area contributed by atoms with E-state index in [0.29, 0.717) is 18.8 Å². The number of likely N-dealkylation sites (tertiary alicyclic amines) is 1. The summed E-state index contributed by atoms with van der Waals surface area (Å²) in [4.78, 5) is 32.4. The summed E-state index contributed by atoms with van der Waals surface area (Å²) < 4.78 is 1.67. The van der Waals surface area contributed by atoms with Crippen LogP contribution in [0, 0.1) is 12.8 Å². The van der Waals surface area contributed by atoms with Crippen molar-refractivity contribution >= 4 is 17.7 Å². The molecule has 190 valence electrons. The third-order valence-corrected chi connectivity index (χ3v) is 8.24. The number of unbranched alkanes of at least 4 members (excludes halogenated alkanes) is 1. The lowest BCUT2D eigenvalue weighted by molar-refractivity contribution is -0.132. The SMILES string of the molecule is Cc1nc(SCCCCC(=O)N2CCC(Cc3ccccc3)CC2)n(C)c(=O)c1Cc1ccccc1. The molecular weight excluding hydrogens is 466 g/mol. The van der Waals surface area contributed by atoms with Crippen molar-refractivity contribution in [2.24, 2.45) is 13.0 Å². The van der Waals surface area contributed by atoms with E-state index in [9.17, 15) is 9.59 Å². The molecule has 1 aliphatic heterocycles. The maximum absolute atomic E-state index is 13.0. The zero-order valence-electron chi connectivity index (χ0n) is 21.5. The Labute approximate surface area is 219 Å². The van der Waals surface area contributed by atoms with Gasteiger partial charge in [-0.2, -0.15) is 0 Å². The van der Waals surface area contributed by atoms with E-state index < -0.39 is 0 Å². The molecule has 5 nitrogen and oxygen atoms in total. The highest BCUT2D eigenvalue weighted by Gasteiger charge is 2.22. The van der Waals surface area contributed by atoms with Crippen LogP contribution in [0.15, 0.2) is 70.6 Å². The predicted molar refractivity (Wildman–Crippen MR) is 147 cm³/mol. The first-order valence-corrected chi connectivity index (χ1v) is 14.0. The fourth-order valence-corrected chi connectivity index (χ4v) is 5.91. The maximum Gasteiger partial charge on any atom is 0.257 e. The van der Waals surface area contributed by atoms with E-state index >= 15 is 0 Å². The zero-order valence-corrected chi connectivity index (χ0v) is 22.3. The number of carbonyl (C=O) groups is 1. The summed E-state index contributed by atoms with van der Waals surface area (Å²) in [7, 11) is 1.80. The molecule has 0 unspecified atom stereocenters. The molecular formula is C30H37N3O2S. The van der Waals surface area contributed by atoms with Gasteiger partial charge in [0, 0.05) is 50.0 Å². The smallest absolute Gasteiger partial charge is 0.257 e. The Hall–Kier alpha value is -2.86. The molecule has 1 saturated heterocycles. The first-order chi connectivity index (χ1) is 17.5. The molecule has 0 atom stereocenters. The van der Waals surface area contributed by atoms with Crippen LogP contribution < -0.4 is 5.56 Å². The molecule has 0 N–H and O–H groups in total. The number of aromatic nitrogens is 2. The van der Waals surface area contributed by atoms with Gasteiger partial charge >= 0.3 is 0 Å². The lowest BCUT2D eigenvalue weighted by atomic mass is 9.90. The number of carbonyl (C=O) groups excluding carboxylic acids is 1. The normalized spacial score (nSPS) is 14.2. The lowest BCUT2D eigenvalue weighted by Gasteiger charge is -2.32. The molecule has 0 bridgehead atoms. The van der Waals surface area contributed by atoms with Gasteiger partial charge in [0.25, 0.3) is 5.56 Å². The van der Waals surface area contributed by atoms with Gasteiger partial charge < -0.3 is 4.90 Å². The summed E-state index contributed by atoms with van der Waals surface area (Å²) in [5.74, 6) is 1.81. The molecule has 4 rings (SSSR count). The van der Waals surface area contributed by atoms with Crippen LogP contribution in [0.25, 0.3) is 0 Å². The molecule has 0 aliphatic carbocycles. The quantitative estimate of drug-likeness (QED) is 0.211. The monoisotopic (exact) mass is 503 g/mol. The van der Waals surface area contributed by atoms with E-state index in [1.807, 2.05) is 37.3 Å². The topological polar surface area (TPSA) is 55.2 Å². The van der Waals surface area contributed by atoms with Crippen LogP contribution in [-0.4, -0.2) is 39.2 Å². The van der Waals surface area contributed by atoms with Gasteiger partial charge in [0.15, 0.2) is 5.16 Å². The fraction of sp³-hybridized carbons (Fsp3) is 0.433. The molecule has 6 heteroatoms. The molecule has 3 aromatic rings. The van der Waals surface area contributed by atoms with E-state index in [1.54, 1.807) is 23.4 Å². The summed E-state index contributed by atoms with van der Waals surface area (Å²) in [5, 5.41) is 0.751. The number of piperidine rings is 1. The lowest BCUT2D eigenvalue weighted by Crippen LogP contribution is -2.38. The second-order valence-electron chi connectivity index (χ2n) is 9.80. The Morgan fingerprint density at radius 3 is 2.28 bits per heavy atom. The Morgan fingerprint density at radius 2 is 1.61 bits per heavy atom. The van der Waals surface area contributed by atoms with Crippen molar-refractivity contribution in [2.45, 2.75) is 57.0 Å². The van der Waals surface area contributed by atoms with Gasteiger partial charge in [0.2, 0.25) is 5.91 Å². The number of nitrogens with zero attached hydrogens (tertiary/aromatic N) is 3. The highest BCUT2D eigenvalue weighted by atomic mass is 32.2. The summed E-state index contributed by atoms with van der Waals surface area (Å²) in [5.41, 5.74) is 4.10. The van der Waals surface area contributed by atoms with Crippen molar-refractivity contribution in [1.29, 1.82) is 0 Å².